The van der Waals surface area contributed by atoms with Gasteiger partial charge >= 0.3 is 0 Å². The molecule has 0 unspecified atom stereocenters. The maximum absolute atomic E-state index is 11.9. The predicted octanol–water partition coefficient (Wildman–Crippen LogP) is 1.70. The highest BCUT2D eigenvalue weighted by molar-refractivity contribution is 7.89. The van der Waals surface area contributed by atoms with Crippen LogP contribution in [0, 0.1) is 6.92 Å². The predicted molar refractivity (Wildman–Crippen MR) is 81.0 cm³/mol. The lowest BCUT2D eigenvalue weighted by molar-refractivity contribution is 0.0988. The topological polar surface area (TPSA) is 101 Å². The van der Waals surface area contributed by atoms with Gasteiger partial charge in [0.05, 0.1) is 10.6 Å². The van der Waals surface area contributed by atoms with Crippen LogP contribution >= 0.6 is 0 Å². The third-order valence-electron chi connectivity index (χ3n) is 2.69. The monoisotopic (exact) mass is 321 g/mol. The Morgan fingerprint density at radius 1 is 1.36 bits per heavy atom. The Morgan fingerprint density at radius 3 is 2.59 bits per heavy atom. The van der Waals surface area contributed by atoms with Crippen LogP contribution in [-0.4, -0.2) is 26.0 Å². The third kappa shape index (κ3) is 3.80. The number of aromatic nitrogens is 1. The van der Waals surface area contributed by atoms with E-state index in [0.29, 0.717) is 11.4 Å². The number of carbonyl (C=O) groups excluding carboxylic acids is 1. The maximum atomic E-state index is 11.9. The van der Waals surface area contributed by atoms with Crippen molar-refractivity contribution in [3.8, 4) is 0 Å². The van der Waals surface area contributed by atoms with Gasteiger partial charge in [0.15, 0.2) is 0 Å². The van der Waals surface area contributed by atoms with E-state index < -0.39 is 15.9 Å². The fourth-order valence-corrected chi connectivity index (χ4v) is 2.63. The highest BCUT2D eigenvalue weighted by atomic mass is 32.2. The van der Waals surface area contributed by atoms with Gasteiger partial charge in [-0.2, -0.15) is 0 Å². The second-order valence-corrected chi connectivity index (χ2v) is 6.22. The van der Waals surface area contributed by atoms with Crippen LogP contribution in [0.5, 0.6) is 0 Å². The molecule has 0 fully saturated rings. The standard InChI is InChI=1S/C14H15N3O4S/c1-3-8-15-22(19,20)12-6-4-11(5-7-12)16-14(18)13-9-10(2)17-21-13/h3-7,9,15H,1,8H2,2H3,(H,16,18). The van der Waals surface area contributed by atoms with Gasteiger partial charge in [0.25, 0.3) is 5.91 Å². The van der Waals surface area contributed by atoms with Crippen molar-refractivity contribution in [1.82, 2.24) is 9.88 Å². The SMILES string of the molecule is C=CCNS(=O)(=O)c1ccc(NC(=O)c2cc(C)no2)cc1. The molecule has 0 aliphatic heterocycles. The average molecular weight is 321 g/mol. The van der Waals surface area contributed by atoms with Crippen LogP contribution in [0.25, 0.3) is 0 Å². The molecule has 0 bridgehead atoms. The number of benzene rings is 1. The molecule has 7 nitrogen and oxygen atoms in total. The van der Waals surface area contributed by atoms with Crippen molar-refractivity contribution < 1.29 is 17.7 Å². The van der Waals surface area contributed by atoms with Crippen LogP contribution in [0.15, 0.2) is 52.4 Å². The van der Waals surface area contributed by atoms with Crippen LogP contribution in [-0.2, 0) is 10.0 Å². The van der Waals surface area contributed by atoms with Crippen LogP contribution in [0.4, 0.5) is 5.69 Å². The molecule has 1 aromatic carbocycles. The second kappa shape index (κ2) is 6.54. The smallest absolute Gasteiger partial charge is 0.294 e. The van der Waals surface area contributed by atoms with Crippen LogP contribution in [0.3, 0.4) is 0 Å². The Labute approximate surface area is 128 Å². The van der Waals surface area contributed by atoms with Gasteiger partial charge in [0, 0.05) is 18.3 Å². The molecule has 0 spiro atoms. The molecule has 2 rings (SSSR count). The normalized spacial score (nSPS) is 11.1. The summed E-state index contributed by atoms with van der Waals surface area (Å²) >= 11 is 0. The van der Waals surface area contributed by atoms with Gasteiger partial charge < -0.3 is 9.84 Å². The summed E-state index contributed by atoms with van der Waals surface area (Å²) in [4.78, 5) is 12.0. The van der Waals surface area contributed by atoms with E-state index in [4.69, 9.17) is 4.52 Å². The number of nitrogens with one attached hydrogen (secondary N) is 2. The number of carbonyl (C=O) groups is 1. The van der Waals surface area contributed by atoms with Crippen molar-refractivity contribution in [2.45, 2.75) is 11.8 Å². The van der Waals surface area contributed by atoms with Gasteiger partial charge in [-0.15, -0.1) is 6.58 Å². The second-order valence-electron chi connectivity index (χ2n) is 4.45. The zero-order valence-corrected chi connectivity index (χ0v) is 12.7. The van der Waals surface area contributed by atoms with Crippen LogP contribution in [0.2, 0.25) is 0 Å². The minimum Gasteiger partial charge on any atom is -0.351 e. The zero-order valence-electron chi connectivity index (χ0n) is 11.9. The third-order valence-corrected chi connectivity index (χ3v) is 4.13. The molecular weight excluding hydrogens is 306 g/mol. The van der Waals surface area contributed by atoms with E-state index in [1.54, 1.807) is 6.92 Å². The molecule has 22 heavy (non-hydrogen) atoms. The molecule has 2 N–H and O–H groups in total. The quantitative estimate of drug-likeness (QED) is 0.789. The van der Waals surface area contributed by atoms with Crippen molar-refractivity contribution in [3.63, 3.8) is 0 Å². The maximum Gasteiger partial charge on any atom is 0.294 e. The molecule has 0 saturated heterocycles. The Bertz CT molecular complexity index is 779. The number of rotatable bonds is 6. The lowest BCUT2D eigenvalue weighted by atomic mass is 10.3. The van der Waals surface area contributed by atoms with Gasteiger partial charge in [-0.1, -0.05) is 11.2 Å². The summed E-state index contributed by atoms with van der Waals surface area (Å²) in [5, 5.41) is 6.21. The molecule has 1 amide bonds. The van der Waals surface area contributed by atoms with Gasteiger partial charge in [0.1, 0.15) is 0 Å². The fourth-order valence-electron chi connectivity index (χ4n) is 1.63. The first-order valence-electron chi connectivity index (χ1n) is 6.37. The molecule has 0 saturated carbocycles. The average Bonchev–Trinajstić information content (AvgIpc) is 2.92. The molecular formula is C14H15N3O4S. The van der Waals surface area contributed by atoms with E-state index in [0.717, 1.165) is 0 Å². The molecule has 0 aliphatic carbocycles. The number of amides is 1. The minimum absolute atomic E-state index is 0.0850. The summed E-state index contributed by atoms with van der Waals surface area (Å²) in [6.45, 7) is 5.30. The molecule has 1 heterocycles. The van der Waals surface area contributed by atoms with E-state index in [9.17, 15) is 13.2 Å². The molecule has 8 heteroatoms. The summed E-state index contributed by atoms with van der Waals surface area (Å²) in [5.41, 5.74) is 1.04. The summed E-state index contributed by atoms with van der Waals surface area (Å²) < 4.78 is 31.0. The number of hydrogen-bond donors (Lipinski definition) is 2. The van der Waals surface area contributed by atoms with E-state index in [-0.39, 0.29) is 17.2 Å². The summed E-state index contributed by atoms with van der Waals surface area (Å²) in [7, 11) is -3.58. The molecule has 1 aromatic heterocycles. The van der Waals surface area contributed by atoms with Crippen molar-refractivity contribution in [1.29, 1.82) is 0 Å². The molecule has 0 radical (unpaired) electrons. The van der Waals surface area contributed by atoms with E-state index in [1.165, 1.54) is 36.4 Å². The van der Waals surface area contributed by atoms with Gasteiger partial charge in [-0.25, -0.2) is 13.1 Å². The number of nitrogens with zero attached hydrogens (tertiary/aromatic N) is 1. The molecule has 116 valence electrons. The number of anilines is 1. The number of sulfonamides is 1. The highest BCUT2D eigenvalue weighted by Crippen LogP contribution is 2.15. The first-order chi connectivity index (χ1) is 10.4. The lowest BCUT2D eigenvalue weighted by Gasteiger charge is -2.06. The fraction of sp³-hybridized carbons (Fsp3) is 0.143. The zero-order chi connectivity index (χ0) is 16.2. The Balaban J connectivity index is 2.09. The Morgan fingerprint density at radius 2 is 2.05 bits per heavy atom. The van der Waals surface area contributed by atoms with E-state index in [2.05, 4.69) is 21.8 Å². The first kappa shape index (κ1) is 15.9. The highest BCUT2D eigenvalue weighted by Gasteiger charge is 2.14. The van der Waals surface area contributed by atoms with E-state index >= 15 is 0 Å². The van der Waals surface area contributed by atoms with Crippen LogP contribution < -0.4 is 10.0 Å². The van der Waals surface area contributed by atoms with E-state index in [1.807, 2.05) is 0 Å². The van der Waals surface area contributed by atoms with Gasteiger partial charge in [-0.3, -0.25) is 4.79 Å². The first-order valence-corrected chi connectivity index (χ1v) is 7.86. The van der Waals surface area contributed by atoms with Gasteiger partial charge in [0.2, 0.25) is 15.8 Å². The Kier molecular flexibility index (Phi) is 4.74. The molecule has 0 aliphatic rings. The number of aryl methyl sites for hydroxylation is 1. The van der Waals surface area contributed by atoms with Crippen molar-refractivity contribution in [2.24, 2.45) is 0 Å². The summed E-state index contributed by atoms with van der Waals surface area (Å²) in [6, 6.07) is 7.28. The van der Waals surface area contributed by atoms with Crippen LogP contribution in [0.1, 0.15) is 16.2 Å². The van der Waals surface area contributed by atoms with Gasteiger partial charge in [-0.05, 0) is 31.2 Å². The molecule has 2 aromatic rings. The summed E-state index contributed by atoms with van der Waals surface area (Å²) in [5.74, 6) is -0.372. The largest absolute Gasteiger partial charge is 0.351 e. The summed E-state index contributed by atoms with van der Waals surface area (Å²) in [6.07, 6.45) is 1.45. The van der Waals surface area contributed by atoms with Crippen molar-refractivity contribution in [3.05, 3.63) is 54.4 Å². The van der Waals surface area contributed by atoms with Crippen molar-refractivity contribution >= 4 is 21.6 Å². The number of hydrogen-bond acceptors (Lipinski definition) is 5. The lowest BCUT2D eigenvalue weighted by Crippen LogP contribution is -2.23. The minimum atomic E-state index is -3.58. The Hall–Kier alpha value is -2.45. The molecule has 0 atom stereocenters. The van der Waals surface area contributed by atoms with Crippen molar-refractivity contribution in [2.75, 3.05) is 11.9 Å².